The minimum atomic E-state index is 0.651. The number of fused-ring (bicyclic) bond motifs is 1. The molecule has 1 fully saturated rings. The fourth-order valence-corrected chi connectivity index (χ4v) is 2.85. The maximum absolute atomic E-state index is 4.61. The maximum atomic E-state index is 4.61. The van der Waals surface area contributed by atoms with Crippen LogP contribution >= 0.6 is 0 Å². The van der Waals surface area contributed by atoms with Crippen molar-refractivity contribution in [2.75, 3.05) is 24.5 Å². The van der Waals surface area contributed by atoms with E-state index < -0.39 is 0 Å². The molecular formula is C16H19N7. The summed E-state index contributed by atoms with van der Waals surface area (Å²) < 4.78 is 1.79. The van der Waals surface area contributed by atoms with E-state index in [1.807, 2.05) is 43.5 Å². The smallest absolute Gasteiger partial charge is 0.178 e. The van der Waals surface area contributed by atoms with Crippen molar-refractivity contribution in [2.24, 2.45) is 5.92 Å². The predicted octanol–water partition coefficient (Wildman–Crippen LogP) is 1.05. The Morgan fingerprint density at radius 1 is 1.17 bits per heavy atom. The van der Waals surface area contributed by atoms with Crippen molar-refractivity contribution in [3.8, 4) is 0 Å². The molecule has 1 N–H and O–H groups in total. The van der Waals surface area contributed by atoms with Gasteiger partial charge in [0.15, 0.2) is 11.5 Å². The van der Waals surface area contributed by atoms with Crippen molar-refractivity contribution in [3.05, 3.63) is 48.0 Å². The first-order chi connectivity index (χ1) is 11.3. The molecule has 7 heteroatoms. The molecule has 0 unspecified atom stereocenters. The third kappa shape index (κ3) is 2.87. The van der Waals surface area contributed by atoms with Gasteiger partial charge >= 0.3 is 0 Å². The molecule has 0 spiro atoms. The molecule has 0 atom stereocenters. The predicted molar refractivity (Wildman–Crippen MR) is 87.2 cm³/mol. The lowest BCUT2D eigenvalue weighted by atomic mass is 10.0. The second-order valence-electron chi connectivity index (χ2n) is 5.93. The van der Waals surface area contributed by atoms with Crippen LogP contribution < -0.4 is 10.2 Å². The van der Waals surface area contributed by atoms with Crippen LogP contribution in [0, 0.1) is 12.8 Å². The minimum Gasteiger partial charge on any atom is -0.354 e. The van der Waals surface area contributed by atoms with Crippen LogP contribution in [0.15, 0.2) is 36.5 Å². The number of anilines is 1. The normalized spacial score (nSPS) is 15.1. The molecule has 4 heterocycles. The third-order valence-electron chi connectivity index (χ3n) is 4.15. The molecule has 23 heavy (non-hydrogen) atoms. The molecule has 3 aromatic rings. The van der Waals surface area contributed by atoms with Gasteiger partial charge in [-0.25, -0.2) is 0 Å². The number of pyridine rings is 1. The van der Waals surface area contributed by atoms with Gasteiger partial charge in [-0.2, -0.15) is 4.52 Å². The Balaban J connectivity index is 1.29. The van der Waals surface area contributed by atoms with Crippen LogP contribution in [0.1, 0.15) is 11.5 Å². The second kappa shape index (κ2) is 5.92. The minimum absolute atomic E-state index is 0.651. The summed E-state index contributed by atoms with van der Waals surface area (Å²) in [5.74, 6) is 2.45. The fraction of sp³-hybridized carbons (Fsp3) is 0.375. The molecule has 1 aliphatic rings. The summed E-state index contributed by atoms with van der Waals surface area (Å²) >= 11 is 0. The van der Waals surface area contributed by atoms with E-state index in [4.69, 9.17) is 0 Å². The highest BCUT2D eigenvalue weighted by Crippen LogP contribution is 2.22. The average Bonchev–Trinajstić information content (AvgIpc) is 2.91. The molecular weight excluding hydrogens is 290 g/mol. The second-order valence-corrected chi connectivity index (χ2v) is 5.93. The first-order valence-corrected chi connectivity index (χ1v) is 7.84. The third-order valence-corrected chi connectivity index (χ3v) is 4.15. The number of hydrogen-bond acceptors (Lipinski definition) is 6. The van der Waals surface area contributed by atoms with Crippen LogP contribution in [0.5, 0.6) is 0 Å². The Kier molecular flexibility index (Phi) is 3.63. The highest BCUT2D eigenvalue weighted by molar-refractivity contribution is 5.47. The summed E-state index contributed by atoms with van der Waals surface area (Å²) in [5, 5.41) is 16.2. The summed E-state index contributed by atoms with van der Waals surface area (Å²) in [5.41, 5.74) is 1.87. The van der Waals surface area contributed by atoms with E-state index in [9.17, 15) is 0 Å². The van der Waals surface area contributed by atoms with Crippen LogP contribution in [0.3, 0.4) is 0 Å². The molecule has 0 radical (unpaired) electrons. The van der Waals surface area contributed by atoms with Gasteiger partial charge in [0.2, 0.25) is 0 Å². The van der Waals surface area contributed by atoms with Gasteiger partial charge in [-0.1, -0.05) is 6.07 Å². The summed E-state index contributed by atoms with van der Waals surface area (Å²) in [7, 11) is 0. The number of aromatic nitrogens is 5. The van der Waals surface area contributed by atoms with E-state index in [0.717, 1.165) is 49.2 Å². The first kappa shape index (κ1) is 14.1. The van der Waals surface area contributed by atoms with Gasteiger partial charge in [0, 0.05) is 38.3 Å². The fourth-order valence-electron chi connectivity index (χ4n) is 2.85. The van der Waals surface area contributed by atoms with Crippen LogP contribution in [0.4, 0.5) is 5.82 Å². The monoisotopic (exact) mass is 309 g/mol. The Hall–Kier alpha value is -2.54. The van der Waals surface area contributed by atoms with E-state index in [-0.39, 0.29) is 0 Å². The quantitative estimate of drug-likeness (QED) is 0.760. The van der Waals surface area contributed by atoms with E-state index in [1.165, 1.54) is 0 Å². The molecule has 3 aromatic heterocycles. The molecule has 7 nitrogen and oxygen atoms in total. The van der Waals surface area contributed by atoms with Gasteiger partial charge in [-0.3, -0.25) is 4.98 Å². The zero-order valence-electron chi connectivity index (χ0n) is 13.1. The van der Waals surface area contributed by atoms with E-state index in [2.05, 4.69) is 30.5 Å². The molecule has 118 valence electrons. The zero-order chi connectivity index (χ0) is 15.6. The SMILES string of the molecule is Cc1nnc2ccc(N3CC(CNCc4ccccn4)C3)nn12. The molecule has 0 bridgehead atoms. The van der Waals surface area contributed by atoms with E-state index in [1.54, 1.807) is 4.52 Å². The highest BCUT2D eigenvalue weighted by Gasteiger charge is 2.27. The standard InChI is InChI=1S/C16H19N7/c1-12-19-20-15-5-6-16(21-23(12)15)22-10-13(11-22)8-17-9-14-4-2-3-7-18-14/h2-7,13,17H,8-11H2,1H3. The van der Waals surface area contributed by atoms with Crippen molar-refractivity contribution in [1.29, 1.82) is 0 Å². The van der Waals surface area contributed by atoms with E-state index in [0.29, 0.717) is 5.92 Å². The number of nitrogens with zero attached hydrogens (tertiary/aromatic N) is 6. The van der Waals surface area contributed by atoms with Gasteiger partial charge in [0.25, 0.3) is 0 Å². The van der Waals surface area contributed by atoms with Crippen LogP contribution in [0.2, 0.25) is 0 Å². The Bertz CT molecular complexity index is 793. The first-order valence-electron chi connectivity index (χ1n) is 7.84. The topological polar surface area (TPSA) is 71.2 Å². The Morgan fingerprint density at radius 2 is 2.09 bits per heavy atom. The van der Waals surface area contributed by atoms with Crippen LogP contribution in [-0.2, 0) is 6.54 Å². The molecule has 0 aromatic carbocycles. The number of aryl methyl sites for hydroxylation is 1. The van der Waals surface area contributed by atoms with Crippen LogP contribution in [-0.4, -0.2) is 44.4 Å². The summed E-state index contributed by atoms with van der Waals surface area (Å²) in [6.45, 7) is 5.78. The van der Waals surface area contributed by atoms with Crippen molar-refractivity contribution >= 4 is 11.5 Å². The number of nitrogens with one attached hydrogen (secondary N) is 1. The lowest BCUT2D eigenvalue weighted by molar-refractivity contribution is 0.380. The van der Waals surface area contributed by atoms with Crippen molar-refractivity contribution in [1.82, 2.24) is 30.1 Å². The lowest BCUT2D eigenvalue weighted by Crippen LogP contribution is -2.51. The molecule has 0 aliphatic carbocycles. The maximum Gasteiger partial charge on any atom is 0.178 e. The highest BCUT2D eigenvalue weighted by atomic mass is 15.4. The number of rotatable bonds is 5. The van der Waals surface area contributed by atoms with Crippen molar-refractivity contribution in [2.45, 2.75) is 13.5 Å². The average molecular weight is 309 g/mol. The number of hydrogen-bond donors (Lipinski definition) is 1. The summed E-state index contributed by atoms with van der Waals surface area (Å²) in [4.78, 5) is 6.60. The van der Waals surface area contributed by atoms with Gasteiger partial charge in [-0.15, -0.1) is 15.3 Å². The van der Waals surface area contributed by atoms with Crippen LogP contribution in [0.25, 0.3) is 5.65 Å². The Labute approximate surface area is 134 Å². The zero-order valence-corrected chi connectivity index (χ0v) is 13.1. The summed E-state index contributed by atoms with van der Waals surface area (Å²) in [6.07, 6.45) is 1.83. The molecule has 4 rings (SSSR count). The van der Waals surface area contributed by atoms with Gasteiger partial charge < -0.3 is 10.2 Å². The van der Waals surface area contributed by atoms with E-state index >= 15 is 0 Å². The molecule has 1 aliphatic heterocycles. The summed E-state index contributed by atoms with van der Waals surface area (Å²) in [6, 6.07) is 9.98. The molecule has 1 saturated heterocycles. The molecule has 0 amide bonds. The Morgan fingerprint density at radius 3 is 2.91 bits per heavy atom. The van der Waals surface area contributed by atoms with Gasteiger partial charge in [0.1, 0.15) is 5.82 Å². The van der Waals surface area contributed by atoms with Crippen molar-refractivity contribution < 1.29 is 0 Å². The van der Waals surface area contributed by atoms with Gasteiger partial charge in [0.05, 0.1) is 5.69 Å². The lowest BCUT2D eigenvalue weighted by Gasteiger charge is -2.40. The van der Waals surface area contributed by atoms with Gasteiger partial charge in [-0.05, 0) is 31.2 Å². The van der Waals surface area contributed by atoms with Crippen molar-refractivity contribution in [3.63, 3.8) is 0 Å². The largest absolute Gasteiger partial charge is 0.354 e. The molecule has 0 saturated carbocycles.